The van der Waals surface area contributed by atoms with E-state index in [9.17, 15) is 0 Å². The molecule has 0 spiro atoms. The van der Waals surface area contributed by atoms with Gasteiger partial charge in [-0.15, -0.1) is 11.3 Å². The molecule has 2 aromatic rings. The molecular weight excluding hydrogens is 200 g/mol. The van der Waals surface area contributed by atoms with Crippen LogP contribution in [-0.4, -0.2) is 0 Å². The summed E-state index contributed by atoms with van der Waals surface area (Å²) in [6.07, 6.45) is 4.36. The summed E-state index contributed by atoms with van der Waals surface area (Å²) in [5, 5.41) is 2.21. The average Bonchev–Trinajstić information content (AvgIpc) is 2.59. The van der Waals surface area contributed by atoms with Crippen molar-refractivity contribution in [2.45, 2.75) is 13.8 Å². The van der Waals surface area contributed by atoms with Gasteiger partial charge in [0.2, 0.25) is 0 Å². The van der Waals surface area contributed by atoms with E-state index < -0.39 is 0 Å². The normalized spacial score (nSPS) is 11.1. The molecule has 76 valence electrons. The molecule has 15 heavy (non-hydrogen) atoms. The van der Waals surface area contributed by atoms with Crippen molar-refractivity contribution in [2.24, 2.45) is 0 Å². The zero-order valence-corrected chi connectivity index (χ0v) is 9.84. The Morgan fingerprint density at radius 3 is 2.33 bits per heavy atom. The van der Waals surface area contributed by atoms with Gasteiger partial charge in [-0.05, 0) is 42.0 Å². The molecule has 0 nitrogen and oxygen atoms in total. The summed E-state index contributed by atoms with van der Waals surface area (Å²) in [5.74, 6) is 0. The van der Waals surface area contributed by atoms with Gasteiger partial charge in [-0.2, -0.15) is 0 Å². The van der Waals surface area contributed by atoms with Gasteiger partial charge in [-0.3, -0.25) is 0 Å². The molecule has 1 heterocycles. The van der Waals surface area contributed by atoms with Crippen molar-refractivity contribution in [3.05, 3.63) is 57.3 Å². The molecule has 0 amide bonds. The molecular formula is C14H14S. The summed E-state index contributed by atoms with van der Waals surface area (Å²) in [6.45, 7) is 4.34. The highest BCUT2D eigenvalue weighted by molar-refractivity contribution is 7.11. The second kappa shape index (κ2) is 4.45. The predicted octanol–water partition coefficient (Wildman–Crippen LogP) is 4.54. The van der Waals surface area contributed by atoms with Gasteiger partial charge >= 0.3 is 0 Å². The molecule has 1 heteroatoms. The third-order valence-corrected chi connectivity index (χ3v) is 3.72. The van der Waals surface area contributed by atoms with Crippen molar-refractivity contribution in [3.63, 3.8) is 0 Å². The maximum atomic E-state index is 2.21. The standard InChI is InChI=1S/C14H14S/c1-11-10-15-14(12(11)2)9-8-13-6-4-3-5-7-13/h3-10H,1-2H3/b9-8+. The number of aryl methyl sites for hydroxylation is 1. The summed E-state index contributed by atoms with van der Waals surface area (Å²) in [7, 11) is 0. The van der Waals surface area contributed by atoms with E-state index in [0.717, 1.165) is 0 Å². The molecule has 0 atom stereocenters. The van der Waals surface area contributed by atoms with Crippen LogP contribution < -0.4 is 0 Å². The molecule has 0 aliphatic heterocycles. The molecule has 2 rings (SSSR count). The molecule has 1 aromatic heterocycles. The van der Waals surface area contributed by atoms with E-state index in [1.807, 2.05) is 17.4 Å². The Morgan fingerprint density at radius 2 is 1.73 bits per heavy atom. The van der Waals surface area contributed by atoms with E-state index in [1.54, 1.807) is 0 Å². The van der Waals surface area contributed by atoms with Gasteiger partial charge in [0.1, 0.15) is 0 Å². The third-order valence-electron chi connectivity index (χ3n) is 2.55. The highest BCUT2D eigenvalue weighted by Crippen LogP contribution is 2.23. The quantitative estimate of drug-likeness (QED) is 0.688. The van der Waals surface area contributed by atoms with Crippen LogP contribution in [0.3, 0.4) is 0 Å². The number of rotatable bonds is 2. The van der Waals surface area contributed by atoms with E-state index in [0.29, 0.717) is 0 Å². The van der Waals surface area contributed by atoms with E-state index in [2.05, 4.69) is 55.6 Å². The second-order valence-electron chi connectivity index (χ2n) is 3.65. The zero-order chi connectivity index (χ0) is 10.7. The fraction of sp³-hybridized carbons (Fsp3) is 0.143. The average molecular weight is 214 g/mol. The minimum absolute atomic E-state index is 1.25. The molecule has 0 aliphatic rings. The minimum Gasteiger partial charge on any atom is -0.144 e. The van der Waals surface area contributed by atoms with Crippen molar-refractivity contribution in [1.82, 2.24) is 0 Å². The van der Waals surface area contributed by atoms with Crippen LogP contribution in [0.5, 0.6) is 0 Å². The third kappa shape index (κ3) is 2.37. The number of hydrogen-bond donors (Lipinski definition) is 0. The molecule has 0 saturated carbocycles. The molecule has 0 aliphatic carbocycles. The first-order valence-corrected chi connectivity index (χ1v) is 5.93. The van der Waals surface area contributed by atoms with E-state index in [1.165, 1.54) is 21.6 Å². The van der Waals surface area contributed by atoms with Gasteiger partial charge in [-0.1, -0.05) is 36.4 Å². The van der Waals surface area contributed by atoms with Crippen LogP contribution >= 0.6 is 11.3 Å². The first-order chi connectivity index (χ1) is 7.27. The van der Waals surface area contributed by atoms with E-state index in [4.69, 9.17) is 0 Å². The lowest BCUT2D eigenvalue weighted by molar-refractivity contribution is 1.40. The maximum absolute atomic E-state index is 2.21. The van der Waals surface area contributed by atoms with Gasteiger partial charge < -0.3 is 0 Å². The number of thiophene rings is 1. The molecule has 0 radical (unpaired) electrons. The molecule has 0 fully saturated rings. The van der Waals surface area contributed by atoms with Crippen LogP contribution in [0.2, 0.25) is 0 Å². The Balaban J connectivity index is 2.23. The van der Waals surface area contributed by atoms with Gasteiger partial charge in [0, 0.05) is 4.88 Å². The lowest BCUT2D eigenvalue weighted by Crippen LogP contribution is -1.73. The van der Waals surface area contributed by atoms with Gasteiger partial charge in [-0.25, -0.2) is 0 Å². The lowest BCUT2D eigenvalue weighted by Gasteiger charge is -1.93. The van der Waals surface area contributed by atoms with Crippen LogP contribution in [0.4, 0.5) is 0 Å². The molecule has 0 bridgehead atoms. The Bertz CT molecular complexity index is 463. The summed E-state index contributed by atoms with van der Waals surface area (Å²) in [4.78, 5) is 1.36. The van der Waals surface area contributed by atoms with Crippen molar-refractivity contribution in [1.29, 1.82) is 0 Å². The summed E-state index contributed by atoms with van der Waals surface area (Å²) in [5.41, 5.74) is 4.03. The Labute approximate surface area is 94.9 Å². The predicted molar refractivity (Wildman–Crippen MR) is 69.2 cm³/mol. The van der Waals surface area contributed by atoms with Crippen LogP contribution in [-0.2, 0) is 0 Å². The van der Waals surface area contributed by atoms with Gasteiger partial charge in [0.15, 0.2) is 0 Å². The summed E-state index contributed by atoms with van der Waals surface area (Å²) < 4.78 is 0. The van der Waals surface area contributed by atoms with Crippen molar-refractivity contribution >= 4 is 23.5 Å². The van der Waals surface area contributed by atoms with E-state index >= 15 is 0 Å². The fourth-order valence-corrected chi connectivity index (χ4v) is 2.39. The molecule has 0 N–H and O–H groups in total. The summed E-state index contributed by atoms with van der Waals surface area (Å²) >= 11 is 1.81. The Hall–Kier alpha value is -1.34. The first kappa shape index (κ1) is 10.2. The number of benzene rings is 1. The molecule has 0 unspecified atom stereocenters. The zero-order valence-electron chi connectivity index (χ0n) is 9.03. The topological polar surface area (TPSA) is 0 Å². The molecule has 0 saturated heterocycles. The Morgan fingerprint density at radius 1 is 1.00 bits per heavy atom. The fourth-order valence-electron chi connectivity index (χ4n) is 1.42. The van der Waals surface area contributed by atoms with Crippen LogP contribution in [0, 0.1) is 13.8 Å². The molecule has 1 aromatic carbocycles. The summed E-state index contributed by atoms with van der Waals surface area (Å²) in [6, 6.07) is 10.4. The van der Waals surface area contributed by atoms with Crippen LogP contribution in [0.15, 0.2) is 35.7 Å². The second-order valence-corrected chi connectivity index (χ2v) is 4.56. The van der Waals surface area contributed by atoms with Crippen molar-refractivity contribution in [2.75, 3.05) is 0 Å². The van der Waals surface area contributed by atoms with Crippen molar-refractivity contribution < 1.29 is 0 Å². The largest absolute Gasteiger partial charge is 0.144 e. The van der Waals surface area contributed by atoms with Crippen LogP contribution in [0.25, 0.3) is 12.2 Å². The SMILES string of the molecule is Cc1csc(/C=C/c2ccccc2)c1C. The smallest absolute Gasteiger partial charge is 0.0302 e. The van der Waals surface area contributed by atoms with Gasteiger partial charge in [0.05, 0.1) is 0 Å². The number of hydrogen-bond acceptors (Lipinski definition) is 1. The highest BCUT2D eigenvalue weighted by atomic mass is 32.1. The monoisotopic (exact) mass is 214 g/mol. The van der Waals surface area contributed by atoms with Crippen LogP contribution in [0.1, 0.15) is 21.6 Å². The minimum atomic E-state index is 1.25. The van der Waals surface area contributed by atoms with Crippen molar-refractivity contribution in [3.8, 4) is 0 Å². The first-order valence-electron chi connectivity index (χ1n) is 5.05. The van der Waals surface area contributed by atoms with Gasteiger partial charge in [0.25, 0.3) is 0 Å². The highest BCUT2D eigenvalue weighted by Gasteiger charge is 1.99. The Kier molecular flexibility index (Phi) is 3.02. The maximum Gasteiger partial charge on any atom is 0.0302 e. The lowest BCUT2D eigenvalue weighted by atomic mass is 10.1. The van der Waals surface area contributed by atoms with E-state index in [-0.39, 0.29) is 0 Å².